The Morgan fingerprint density at radius 3 is 2.62 bits per heavy atom. The highest BCUT2D eigenvalue weighted by Gasteiger charge is 2.06. The van der Waals surface area contributed by atoms with Crippen LogP contribution in [0.2, 0.25) is 0 Å². The minimum Gasteiger partial charge on any atom is -0.258 e. The lowest BCUT2D eigenvalue weighted by atomic mass is 10.2. The quantitative estimate of drug-likeness (QED) is 0.461. The highest BCUT2D eigenvalue weighted by atomic mass is 16.6. The summed E-state index contributed by atoms with van der Waals surface area (Å²) in [6.07, 6.45) is 7.53. The lowest BCUT2D eigenvalue weighted by Crippen LogP contribution is -1.94. The summed E-state index contributed by atoms with van der Waals surface area (Å²) in [4.78, 5) is 9.94. The van der Waals surface area contributed by atoms with E-state index in [0.29, 0.717) is 0 Å². The highest BCUT2D eigenvalue weighted by Crippen LogP contribution is 2.11. The van der Waals surface area contributed by atoms with Crippen LogP contribution >= 0.6 is 0 Å². The number of allylic oxidation sites excluding steroid dienone is 5. The van der Waals surface area contributed by atoms with Gasteiger partial charge in [0.05, 0.1) is 4.92 Å². The molecule has 0 N–H and O–H groups in total. The number of hydrogen-bond donors (Lipinski definition) is 0. The third-order valence-corrected chi connectivity index (χ3v) is 1.45. The molecule has 0 atom stereocenters. The molecule has 1 aliphatic rings. The van der Waals surface area contributed by atoms with Crippen LogP contribution < -0.4 is 0 Å². The standard InChI is InChI=1S/C8H9NO2.C2H6/c1-7-4-2-3-5-8(6-7)9(10)11;1-2/h2-3,5-6H,4H2,1H3;1-2H3. The number of nitro groups is 1. The molecule has 13 heavy (non-hydrogen) atoms. The van der Waals surface area contributed by atoms with E-state index >= 15 is 0 Å². The van der Waals surface area contributed by atoms with E-state index in [1.54, 1.807) is 12.2 Å². The molecule has 0 amide bonds. The van der Waals surface area contributed by atoms with Gasteiger partial charge < -0.3 is 0 Å². The highest BCUT2D eigenvalue weighted by molar-refractivity contribution is 5.26. The van der Waals surface area contributed by atoms with Gasteiger partial charge in [0.1, 0.15) is 0 Å². The zero-order valence-electron chi connectivity index (χ0n) is 8.28. The second-order valence-electron chi connectivity index (χ2n) is 2.47. The largest absolute Gasteiger partial charge is 0.269 e. The third-order valence-electron chi connectivity index (χ3n) is 1.45. The van der Waals surface area contributed by atoms with Crippen molar-refractivity contribution in [3.05, 3.63) is 45.7 Å². The maximum absolute atomic E-state index is 10.3. The lowest BCUT2D eigenvalue weighted by molar-refractivity contribution is -0.419. The maximum Gasteiger partial charge on any atom is 0.269 e. The summed E-state index contributed by atoms with van der Waals surface area (Å²) >= 11 is 0. The zero-order valence-corrected chi connectivity index (χ0v) is 8.28. The van der Waals surface area contributed by atoms with Gasteiger partial charge in [-0.15, -0.1) is 0 Å². The molecule has 0 spiro atoms. The molecule has 3 heteroatoms. The van der Waals surface area contributed by atoms with Gasteiger partial charge >= 0.3 is 0 Å². The SMILES string of the molecule is CC.CC1=CC([N+](=O)[O-])=CC=CC1. The van der Waals surface area contributed by atoms with Crippen molar-refractivity contribution in [2.45, 2.75) is 27.2 Å². The van der Waals surface area contributed by atoms with E-state index in [4.69, 9.17) is 0 Å². The van der Waals surface area contributed by atoms with Crippen molar-refractivity contribution in [1.29, 1.82) is 0 Å². The molecular formula is C10H15NO2. The minimum absolute atomic E-state index is 0.163. The van der Waals surface area contributed by atoms with Gasteiger partial charge in [0.15, 0.2) is 0 Å². The van der Waals surface area contributed by atoms with E-state index in [-0.39, 0.29) is 10.6 Å². The van der Waals surface area contributed by atoms with Gasteiger partial charge in [-0.3, -0.25) is 10.1 Å². The van der Waals surface area contributed by atoms with Crippen LogP contribution in [0.15, 0.2) is 35.6 Å². The van der Waals surface area contributed by atoms with Crippen molar-refractivity contribution >= 4 is 0 Å². The summed E-state index contributed by atoms with van der Waals surface area (Å²) in [7, 11) is 0. The Morgan fingerprint density at radius 2 is 2.08 bits per heavy atom. The van der Waals surface area contributed by atoms with Crippen LogP contribution in [0, 0.1) is 10.1 Å². The summed E-state index contributed by atoms with van der Waals surface area (Å²) in [5.74, 6) is 0. The summed E-state index contributed by atoms with van der Waals surface area (Å²) in [5, 5.41) is 10.3. The van der Waals surface area contributed by atoms with Crippen molar-refractivity contribution in [1.82, 2.24) is 0 Å². The van der Waals surface area contributed by atoms with Crippen LogP contribution in [0.5, 0.6) is 0 Å². The van der Waals surface area contributed by atoms with Crippen LogP contribution in [0.25, 0.3) is 0 Å². The first-order chi connectivity index (χ1) is 6.20. The first-order valence-electron chi connectivity index (χ1n) is 4.38. The Labute approximate surface area is 78.6 Å². The Hall–Kier alpha value is -1.38. The predicted octanol–water partition coefficient (Wildman–Crippen LogP) is 3.08. The van der Waals surface area contributed by atoms with Crippen LogP contribution in [0.1, 0.15) is 27.2 Å². The molecule has 0 aromatic rings. The van der Waals surface area contributed by atoms with E-state index in [0.717, 1.165) is 12.0 Å². The molecule has 0 heterocycles. The van der Waals surface area contributed by atoms with Crippen molar-refractivity contribution < 1.29 is 4.92 Å². The van der Waals surface area contributed by atoms with Gasteiger partial charge in [0, 0.05) is 12.2 Å². The van der Waals surface area contributed by atoms with Gasteiger partial charge in [-0.25, -0.2) is 0 Å². The van der Waals surface area contributed by atoms with E-state index in [1.165, 1.54) is 6.08 Å². The monoisotopic (exact) mass is 181 g/mol. The van der Waals surface area contributed by atoms with E-state index < -0.39 is 0 Å². The molecule has 0 saturated carbocycles. The first-order valence-corrected chi connectivity index (χ1v) is 4.38. The van der Waals surface area contributed by atoms with Crippen molar-refractivity contribution in [2.75, 3.05) is 0 Å². The van der Waals surface area contributed by atoms with Crippen LogP contribution in [0.3, 0.4) is 0 Å². The molecule has 3 nitrogen and oxygen atoms in total. The molecule has 0 radical (unpaired) electrons. The van der Waals surface area contributed by atoms with Crippen LogP contribution in [-0.2, 0) is 0 Å². The molecule has 0 unspecified atom stereocenters. The second kappa shape index (κ2) is 6.17. The molecule has 1 aliphatic carbocycles. The minimum atomic E-state index is -0.376. The van der Waals surface area contributed by atoms with E-state index in [9.17, 15) is 10.1 Å². The van der Waals surface area contributed by atoms with Crippen molar-refractivity contribution in [3.63, 3.8) is 0 Å². The third kappa shape index (κ3) is 4.25. The summed E-state index contributed by atoms with van der Waals surface area (Å²) < 4.78 is 0. The smallest absolute Gasteiger partial charge is 0.258 e. The van der Waals surface area contributed by atoms with Gasteiger partial charge in [0.2, 0.25) is 0 Å². The fraction of sp³-hybridized carbons (Fsp3) is 0.400. The van der Waals surface area contributed by atoms with Gasteiger partial charge in [0.25, 0.3) is 5.70 Å². The Kier molecular flexibility index (Phi) is 5.52. The molecule has 0 aliphatic heterocycles. The van der Waals surface area contributed by atoms with Crippen molar-refractivity contribution in [3.8, 4) is 0 Å². The van der Waals surface area contributed by atoms with E-state index in [1.807, 2.05) is 26.8 Å². The van der Waals surface area contributed by atoms with Gasteiger partial charge in [-0.1, -0.05) is 31.6 Å². The molecule has 72 valence electrons. The average molecular weight is 181 g/mol. The summed E-state index contributed by atoms with van der Waals surface area (Å²) in [5.41, 5.74) is 1.18. The molecular weight excluding hydrogens is 166 g/mol. The van der Waals surface area contributed by atoms with Crippen LogP contribution in [-0.4, -0.2) is 4.92 Å². The number of rotatable bonds is 1. The van der Waals surface area contributed by atoms with Gasteiger partial charge in [-0.2, -0.15) is 0 Å². The molecule has 0 fully saturated rings. The zero-order chi connectivity index (χ0) is 10.3. The van der Waals surface area contributed by atoms with Crippen LogP contribution in [0.4, 0.5) is 0 Å². The summed E-state index contributed by atoms with van der Waals surface area (Å²) in [6, 6.07) is 0. The first kappa shape index (κ1) is 11.6. The predicted molar refractivity (Wildman–Crippen MR) is 53.9 cm³/mol. The molecule has 0 bridgehead atoms. The van der Waals surface area contributed by atoms with E-state index in [2.05, 4.69) is 0 Å². The van der Waals surface area contributed by atoms with Crippen molar-refractivity contribution in [2.24, 2.45) is 0 Å². The molecule has 1 rings (SSSR count). The second-order valence-corrected chi connectivity index (χ2v) is 2.47. The average Bonchev–Trinajstić information content (AvgIpc) is 2.33. The number of hydrogen-bond acceptors (Lipinski definition) is 2. The lowest BCUT2D eigenvalue weighted by Gasteiger charge is -1.90. The fourth-order valence-corrected chi connectivity index (χ4v) is 0.894. The maximum atomic E-state index is 10.3. The Balaban J connectivity index is 0.000000671. The Bertz CT molecular complexity index is 262. The Morgan fingerprint density at radius 1 is 1.46 bits per heavy atom. The molecule has 0 aromatic carbocycles. The summed E-state index contributed by atoms with van der Waals surface area (Å²) in [6.45, 7) is 5.88. The molecule has 0 aromatic heterocycles. The number of nitrogens with zero attached hydrogens (tertiary/aromatic N) is 1. The molecule has 0 saturated heterocycles. The topological polar surface area (TPSA) is 43.1 Å². The van der Waals surface area contributed by atoms with Gasteiger partial charge in [-0.05, 0) is 13.3 Å². The normalized spacial score (nSPS) is 14.7. The fourth-order valence-electron chi connectivity index (χ4n) is 0.894.